The van der Waals surface area contributed by atoms with Crippen LogP contribution in [-0.2, 0) is 6.42 Å². The van der Waals surface area contributed by atoms with E-state index in [-0.39, 0.29) is 6.04 Å². The molecule has 0 spiro atoms. The number of benzene rings is 2. The first-order valence-corrected chi connectivity index (χ1v) is 6.91. The molecule has 0 aliphatic rings. The fourth-order valence-corrected chi connectivity index (χ4v) is 2.12. The van der Waals surface area contributed by atoms with Gasteiger partial charge in [0.05, 0.1) is 5.69 Å². The molecule has 0 bridgehead atoms. The van der Waals surface area contributed by atoms with Crippen LogP contribution in [0, 0.1) is 0 Å². The van der Waals surface area contributed by atoms with Crippen LogP contribution in [0.25, 0.3) is 0 Å². The molecule has 4 nitrogen and oxygen atoms in total. The summed E-state index contributed by atoms with van der Waals surface area (Å²) in [6, 6.07) is 19.9. The highest BCUT2D eigenvalue weighted by molar-refractivity contribution is 5.35. The largest absolute Gasteiger partial charge is 0.349 e. The van der Waals surface area contributed by atoms with Crippen molar-refractivity contribution in [3.63, 3.8) is 0 Å². The van der Waals surface area contributed by atoms with Gasteiger partial charge >= 0.3 is 0 Å². The summed E-state index contributed by atoms with van der Waals surface area (Å²) in [5.74, 6) is 0.913. The lowest BCUT2D eigenvalue weighted by molar-refractivity contribution is 0.663. The molecule has 1 atom stereocenters. The molecule has 0 amide bonds. The summed E-state index contributed by atoms with van der Waals surface area (Å²) in [5.41, 5.74) is 1.99. The average molecular weight is 276 g/mol. The summed E-state index contributed by atoms with van der Waals surface area (Å²) in [4.78, 5) is 7.40. The van der Waals surface area contributed by atoms with Gasteiger partial charge in [-0.15, -0.1) is 0 Å². The van der Waals surface area contributed by atoms with E-state index in [1.165, 1.54) is 0 Å². The van der Waals surface area contributed by atoms with E-state index in [9.17, 15) is 0 Å². The first kappa shape index (κ1) is 13.2. The second kappa shape index (κ2) is 6.61. The maximum absolute atomic E-state index is 4.50. The number of nitrogens with zero attached hydrogens (tertiary/aromatic N) is 3. The van der Waals surface area contributed by atoms with E-state index < -0.39 is 0 Å². The van der Waals surface area contributed by atoms with E-state index in [0.29, 0.717) is 6.42 Å². The van der Waals surface area contributed by atoms with Crippen LogP contribution in [0.4, 0.5) is 5.69 Å². The van der Waals surface area contributed by atoms with Gasteiger partial charge < -0.3 is 4.98 Å². The summed E-state index contributed by atoms with van der Waals surface area (Å²) in [6.07, 6.45) is 4.28. The molecular weight excluding hydrogens is 260 g/mol. The maximum Gasteiger partial charge on any atom is 0.108 e. The molecule has 0 radical (unpaired) electrons. The van der Waals surface area contributed by atoms with Crippen molar-refractivity contribution in [1.29, 1.82) is 0 Å². The van der Waals surface area contributed by atoms with Crippen molar-refractivity contribution in [3.05, 3.63) is 84.4 Å². The Balaban J connectivity index is 1.84. The Bertz CT molecular complexity index is 675. The van der Waals surface area contributed by atoms with Gasteiger partial charge in [-0.1, -0.05) is 48.5 Å². The zero-order valence-corrected chi connectivity index (χ0v) is 11.6. The van der Waals surface area contributed by atoms with E-state index >= 15 is 0 Å². The summed E-state index contributed by atoms with van der Waals surface area (Å²) in [7, 11) is 0. The molecule has 3 rings (SSSR count). The molecule has 21 heavy (non-hydrogen) atoms. The van der Waals surface area contributed by atoms with Crippen molar-refractivity contribution in [2.45, 2.75) is 12.5 Å². The van der Waals surface area contributed by atoms with Gasteiger partial charge in [0.2, 0.25) is 0 Å². The van der Waals surface area contributed by atoms with Crippen molar-refractivity contribution < 1.29 is 0 Å². The van der Waals surface area contributed by atoms with Crippen molar-refractivity contribution in [2.24, 2.45) is 10.2 Å². The third kappa shape index (κ3) is 3.63. The highest BCUT2D eigenvalue weighted by Gasteiger charge is 2.12. The SMILES string of the molecule is c1ccc(N=NC(Cc2ncc[nH]2)c2ccccc2)cc1. The summed E-state index contributed by atoms with van der Waals surface area (Å²) < 4.78 is 0. The number of nitrogens with one attached hydrogen (secondary N) is 1. The van der Waals surface area contributed by atoms with Crippen molar-refractivity contribution in [1.82, 2.24) is 9.97 Å². The van der Waals surface area contributed by atoms with Crippen molar-refractivity contribution >= 4 is 5.69 Å². The second-order valence-corrected chi connectivity index (χ2v) is 4.72. The molecule has 0 saturated carbocycles. The lowest BCUT2D eigenvalue weighted by atomic mass is 10.0. The predicted octanol–water partition coefficient (Wildman–Crippen LogP) is 4.48. The highest BCUT2D eigenvalue weighted by Crippen LogP contribution is 2.23. The van der Waals surface area contributed by atoms with E-state index in [2.05, 4.69) is 32.3 Å². The Kier molecular flexibility index (Phi) is 4.17. The number of hydrogen-bond donors (Lipinski definition) is 1. The number of aromatic nitrogens is 2. The Labute approximate surface area is 123 Å². The molecule has 2 aromatic carbocycles. The van der Waals surface area contributed by atoms with Crippen LogP contribution in [0.15, 0.2) is 83.3 Å². The minimum atomic E-state index is -0.0439. The predicted molar refractivity (Wildman–Crippen MR) is 82.4 cm³/mol. The summed E-state index contributed by atoms with van der Waals surface area (Å²) >= 11 is 0. The highest BCUT2D eigenvalue weighted by atomic mass is 15.1. The number of imidazole rings is 1. The van der Waals surface area contributed by atoms with Gasteiger partial charge in [-0.3, -0.25) is 0 Å². The van der Waals surface area contributed by atoms with Gasteiger partial charge in [0, 0.05) is 18.8 Å². The molecule has 1 unspecified atom stereocenters. The van der Waals surface area contributed by atoms with E-state index in [1.807, 2.05) is 54.7 Å². The molecule has 0 fully saturated rings. The quantitative estimate of drug-likeness (QED) is 0.686. The van der Waals surface area contributed by atoms with Crippen LogP contribution >= 0.6 is 0 Å². The van der Waals surface area contributed by atoms with Crippen LogP contribution in [-0.4, -0.2) is 9.97 Å². The normalized spacial score (nSPS) is 12.6. The number of H-pyrrole nitrogens is 1. The lowest BCUT2D eigenvalue weighted by Crippen LogP contribution is -2.01. The van der Waals surface area contributed by atoms with E-state index in [1.54, 1.807) is 6.20 Å². The van der Waals surface area contributed by atoms with Crippen LogP contribution in [0.2, 0.25) is 0 Å². The fourth-order valence-electron chi connectivity index (χ4n) is 2.12. The zero-order valence-electron chi connectivity index (χ0n) is 11.6. The third-order valence-electron chi connectivity index (χ3n) is 3.19. The monoisotopic (exact) mass is 276 g/mol. The second-order valence-electron chi connectivity index (χ2n) is 4.72. The summed E-state index contributed by atoms with van der Waals surface area (Å²) in [5, 5.41) is 8.85. The molecule has 104 valence electrons. The first-order valence-electron chi connectivity index (χ1n) is 6.91. The number of rotatable bonds is 5. The van der Waals surface area contributed by atoms with Gasteiger partial charge in [0.1, 0.15) is 11.9 Å². The average Bonchev–Trinajstić information content (AvgIpc) is 3.06. The van der Waals surface area contributed by atoms with Crippen LogP contribution in [0.3, 0.4) is 0 Å². The number of aromatic amines is 1. The molecule has 1 aromatic heterocycles. The Morgan fingerprint density at radius 3 is 2.33 bits per heavy atom. The molecular formula is C17H16N4. The first-order chi connectivity index (χ1) is 10.4. The lowest BCUT2D eigenvalue weighted by Gasteiger charge is -2.10. The Hall–Kier alpha value is -2.75. The summed E-state index contributed by atoms with van der Waals surface area (Å²) in [6.45, 7) is 0. The van der Waals surface area contributed by atoms with Crippen LogP contribution in [0.5, 0.6) is 0 Å². The van der Waals surface area contributed by atoms with Gasteiger partial charge in [-0.25, -0.2) is 4.98 Å². The van der Waals surface area contributed by atoms with Crippen molar-refractivity contribution in [2.75, 3.05) is 0 Å². The Morgan fingerprint density at radius 2 is 1.67 bits per heavy atom. The Morgan fingerprint density at radius 1 is 0.952 bits per heavy atom. The minimum Gasteiger partial charge on any atom is -0.349 e. The standard InChI is InChI=1S/C17H16N4/c1-3-7-14(8-4-1)16(13-17-18-11-12-19-17)21-20-15-9-5-2-6-10-15/h1-12,16H,13H2,(H,18,19). The molecule has 0 aliphatic heterocycles. The van der Waals surface area contributed by atoms with Gasteiger partial charge in [0.25, 0.3) is 0 Å². The fraction of sp³-hybridized carbons (Fsp3) is 0.118. The molecule has 0 saturated heterocycles. The molecule has 4 heteroatoms. The number of hydrogen-bond acceptors (Lipinski definition) is 3. The molecule has 1 heterocycles. The van der Waals surface area contributed by atoms with Crippen molar-refractivity contribution in [3.8, 4) is 0 Å². The molecule has 1 N–H and O–H groups in total. The third-order valence-corrected chi connectivity index (χ3v) is 3.19. The number of azo groups is 1. The molecule has 0 aliphatic carbocycles. The van der Waals surface area contributed by atoms with Gasteiger partial charge in [-0.05, 0) is 17.7 Å². The van der Waals surface area contributed by atoms with Gasteiger partial charge in [0.15, 0.2) is 0 Å². The topological polar surface area (TPSA) is 53.4 Å². The van der Waals surface area contributed by atoms with Crippen LogP contribution in [0.1, 0.15) is 17.4 Å². The van der Waals surface area contributed by atoms with E-state index in [4.69, 9.17) is 0 Å². The smallest absolute Gasteiger partial charge is 0.108 e. The van der Waals surface area contributed by atoms with Gasteiger partial charge in [-0.2, -0.15) is 10.2 Å². The van der Waals surface area contributed by atoms with Crippen LogP contribution < -0.4 is 0 Å². The maximum atomic E-state index is 4.50. The molecule has 3 aromatic rings. The van der Waals surface area contributed by atoms with E-state index in [0.717, 1.165) is 17.1 Å². The zero-order chi connectivity index (χ0) is 14.3. The minimum absolute atomic E-state index is 0.0439.